The molecule has 8 aromatic carbocycles. The highest BCUT2D eigenvalue weighted by Gasteiger charge is 2.33. The maximum absolute atomic E-state index is 7.35. The molecular weight excluding hydrogens is 961 g/mol. The van der Waals surface area contributed by atoms with Crippen molar-refractivity contribution in [2.75, 3.05) is 16.5 Å². The second-order valence-electron chi connectivity index (χ2n) is 25.8. The Balaban J connectivity index is 1.10. The van der Waals surface area contributed by atoms with Crippen LogP contribution in [0.5, 0.6) is 11.5 Å². The maximum atomic E-state index is 7.35. The predicted molar refractivity (Wildman–Crippen MR) is 335 cm³/mol. The number of hydrogen-bond donors (Lipinski definition) is 0. The molecule has 0 amide bonds. The number of rotatable bonds is 12. The lowest BCUT2D eigenvalue weighted by Crippen LogP contribution is -2.24. The molecule has 1 aliphatic heterocycles. The van der Waals surface area contributed by atoms with Crippen LogP contribution in [-0.4, -0.2) is 16.2 Å². The number of hydrogen-bond acceptors (Lipinski definition) is 4. The SMILES string of the molecule is CC(C)c1cccc(C(C)C)c1-c1cc(Oc2ccc3c4ccc(C(C)(C)c5ccccc5)cc4n(-c4cc(C(C)(C)c5ccccc5)ccn4)c3c2)cc(N2CN(c3cccc(C(C)(C)C)c3)c3cc(C(C)(C)C)ccc32)c1. The van der Waals surface area contributed by atoms with E-state index < -0.39 is 0 Å². The molecule has 0 radical (unpaired) electrons. The molecule has 0 saturated carbocycles. The number of anilines is 4. The van der Waals surface area contributed by atoms with Crippen LogP contribution in [-0.2, 0) is 21.7 Å². The summed E-state index contributed by atoms with van der Waals surface area (Å²) < 4.78 is 9.71. The molecule has 11 rings (SSSR count). The molecule has 0 saturated heterocycles. The summed E-state index contributed by atoms with van der Waals surface area (Å²) in [7, 11) is 0. The molecule has 400 valence electrons. The molecule has 3 heterocycles. The smallest absolute Gasteiger partial charge is 0.137 e. The Labute approximate surface area is 470 Å². The van der Waals surface area contributed by atoms with Crippen LogP contribution in [0, 0.1) is 0 Å². The van der Waals surface area contributed by atoms with Crippen molar-refractivity contribution in [3.05, 3.63) is 239 Å². The third-order valence-corrected chi connectivity index (χ3v) is 17.0. The van der Waals surface area contributed by atoms with Gasteiger partial charge < -0.3 is 14.5 Å². The second kappa shape index (κ2) is 20.1. The van der Waals surface area contributed by atoms with Crippen LogP contribution in [0.4, 0.5) is 22.7 Å². The van der Waals surface area contributed by atoms with Crippen LogP contribution in [0.2, 0.25) is 0 Å². The number of aromatic nitrogens is 2. The fourth-order valence-electron chi connectivity index (χ4n) is 11.9. The molecule has 0 aliphatic carbocycles. The fourth-order valence-corrected chi connectivity index (χ4v) is 11.9. The first-order valence-electron chi connectivity index (χ1n) is 28.5. The fraction of sp³-hybridized carbons (Fsp3) is 0.284. The standard InChI is InChI=1S/C74H78N4O/c1-48(2)61-29-22-30-62(49(3)4)70(61)50-39-58(77-47-76(57-28-21-27-53(41-57)71(5,6)7)68-42-54(72(8,9)10)32-36-65(68)77)45-60(40-50)79-59-33-35-64-63-34-31-55(73(11,12)51-23-17-15-18-24-51)43-66(63)78(67(64)46-59)69-44-56(37-38-75-69)74(13,14)52-25-19-16-20-26-52/h15-46,48-49H,47H2,1-14H3. The van der Waals surface area contributed by atoms with Gasteiger partial charge in [0.2, 0.25) is 0 Å². The van der Waals surface area contributed by atoms with E-state index >= 15 is 0 Å². The Hall–Kier alpha value is -7.89. The molecule has 10 aromatic rings. The molecule has 0 spiro atoms. The lowest BCUT2D eigenvalue weighted by molar-refractivity contribution is 0.483. The minimum Gasteiger partial charge on any atom is -0.457 e. The molecule has 79 heavy (non-hydrogen) atoms. The van der Waals surface area contributed by atoms with E-state index in [0.29, 0.717) is 18.5 Å². The Morgan fingerprint density at radius 3 is 1.58 bits per heavy atom. The van der Waals surface area contributed by atoms with Gasteiger partial charge in [-0.05, 0) is 145 Å². The molecule has 1 aliphatic rings. The van der Waals surface area contributed by atoms with E-state index in [0.717, 1.165) is 45.0 Å². The zero-order chi connectivity index (χ0) is 55.8. The van der Waals surface area contributed by atoms with Gasteiger partial charge in [0.05, 0.1) is 22.4 Å². The average molecular weight is 1040 g/mol. The van der Waals surface area contributed by atoms with Crippen molar-refractivity contribution >= 4 is 44.6 Å². The highest BCUT2D eigenvalue weighted by Crippen LogP contribution is 2.50. The summed E-state index contributed by atoms with van der Waals surface area (Å²) in [6, 6.07) is 69.7. The molecular formula is C74H78N4O. The van der Waals surface area contributed by atoms with E-state index in [1.165, 1.54) is 72.5 Å². The van der Waals surface area contributed by atoms with Crippen molar-refractivity contribution in [2.24, 2.45) is 0 Å². The van der Waals surface area contributed by atoms with Crippen LogP contribution in [0.3, 0.4) is 0 Å². The molecule has 0 fully saturated rings. The van der Waals surface area contributed by atoms with E-state index in [4.69, 9.17) is 9.72 Å². The van der Waals surface area contributed by atoms with Crippen molar-refractivity contribution in [3.8, 4) is 28.4 Å². The van der Waals surface area contributed by atoms with Gasteiger partial charge in [0.1, 0.15) is 24.0 Å². The lowest BCUT2D eigenvalue weighted by Gasteiger charge is -2.27. The average Bonchev–Trinajstić information content (AvgIpc) is 4.20. The van der Waals surface area contributed by atoms with Crippen LogP contribution in [0.25, 0.3) is 38.8 Å². The van der Waals surface area contributed by atoms with Gasteiger partial charge in [-0.3, -0.25) is 4.57 Å². The number of benzene rings is 8. The van der Waals surface area contributed by atoms with E-state index in [1.807, 2.05) is 6.20 Å². The van der Waals surface area contributed by atoms with Crippen LogP contribution < -0.4 is 14.5 Å². The summed E-state index contributed by atoms with van der Waals surface area (Å²) in [4.78, 5) is 10.2. The summed E-state index contributed by atoms with van der Waals surface area (Å²) in [5, 5.41) is 2.31. The topological polar surface area (TPSA) is 33.5 Å². The molecule has 5 heteroatoms. The van der Waals surface area contributed by atoms with Gasteiger partial charge in [-0.25, -0.2) is 4.98 Å². The quantitative estimate of drug-likeness (QED) is 0.122. The zero-order valence-corrected chi connectivity index (χ0v) is 49.0. The maximum Gasteiger partial charge on any atom is 0.137 e. The van der Waals surface area contributed by atoms with Gasteiger partial charge in [-0.15, -0.1) is 0 Å². The Morgan fingerprint density at radius 1 is 0.418 bits per heavy atom. The summed E-state index contributed by atoms with van der Waals surface area (Å²) in [6.07, 6.45) is 1.97. The van der Waals surface area contributed by atoms with Crippen molar-refractivity contribution in [1.82, 2.24) is 9.55 Å². The second-order valence-corrected chi connectivity index (χ2v) is 25.8. The van der Waals surface area contributed by atoms with E-state index in [1.54, 1.807) is 0 Å². The normalized spacial score (nSPS) is 13.3. The highest BCUT2D eigenvalue weighted by molar-refractivity contribution is 6.10. The van der Waals surface area contributed by atoms with Crippen LogP contribution in [0.15, 0.2) is 194 Å². The number of pyridine rings is 1. The minimum atomic E-state index is -0.267. The number of nitrogens with zero attached hydrogens (tertiary/aromatic N) is 4. The first-order chi connectivity index (χ1) is 37.6. The molecule has 0 atom stereocenters. The third-order valence-electron chi connectivity index (χ3n) is 17.0. The van der Waals surface area contributed by atoms with Crippen molar-refractivity contribution < 1.29 is 4.74 Å². The van der Waals surface area contributed by atoms with Gasteiger partial charge >= 0.3 is 0 Å². The van der Waals surface area contributed by atoms with Gasteiger partial charge in [0.25, 0.3) is 0 Å². The summed E-state index contributed by atoms with van der Waals surface area (Å²) in [5.41, 5.74) is 18.9. The molecule has 5 nitrogen and oxygen atoms in total. The Kier molecular flexibility index (Phi) is 13.5. The van der Waals surface area contributed by atoms with E-state index in [2.05, 4.69) is 299 Å². The zero-order valence-electron chi connectivity index (χ0n) is 49.0. The van der Waals surface area contributed by atoms with Gasteiger partial charge in [-0.2, -0.15) is 0 Å². The summed E-state index contributed by atoms with van der Waals surface area (Å²) in [6.45, 7) is 32.9. The van der Waals surface area contributed by atoms with Crippen molar-refractivity contribution in [2.45, 2.75) is 130 Å². The first kappa shape index (κ1) is 53.1. The lowest BCUT2D eigenvalue weighted by atomic mass is 9.78. The minimum absolute atomic E-state index is 0.00342. The van der Waals surface area contributed by atoms with E-state index in [9.17, 15) is 0 Å². The van der Waals surface area contributed by atoms with Gasteiger partial charge in [-0.1, -0.05) is 206 Å². The predicted octanol–water partition coefficient (Wildman–Crippen LogP) is 20.4. The first-order valence-corrected chi connectivity index (χ1v) is 28.5. The summed E-state index contributed by atoms with van der Waals surface area (Å²) in [5.74, 6) is 3.02. The van der Waals surface area contributed by atoms with Gasteiger partial charge in [0.15, 0.2) is 0 Å². The summed E-state index contributed by atoms with van der Waals surface area (Å²) >= 11 is 0. The molecule has 0 N–H and O–H groups in total. The largest absolute Gasteiger partial charge is 0.457 e. The van der Waals surface area contributed by atoms with Crippen LogP contribution >= 0.6 is 0 Å². The van der Waals surface area contributed by atoms with E-state index in [-0.39, 0.29) is 21.7 Å². The molecule has 0 bridgehead atoms. The monoisotopic (exact) mass is 1040 g/mol. The molecule has 0 unspecified atom stereocenters. The number of fused-ring (bicyclic) bond motifs is 4. The Bertz CT molecular complexity index is 3860. The molecule has 2 aromatic heterocycles. The number of ether oxygens (including phenoxy) is 1. The van der Waals surface area contributed by atoms with Gasteiger partial charge in [0, 0.05) is 51.3 Å². The highest BCUT2D eigenvalue weighted by atomic mass is 16.5. The van der Waals surface area contributed by atoms with Crippen molar-refractivity contribution in [3.63, 3.8) is 0 Å². The van der Waals surface area contributed by atoms with Crippen molar-refractivity contribution in [1.29, 1.82) is 0 Å². The Morgan fingerprint density at radius 2 is 0.962 bits per heavy atom. The van der Waals surface area contributed by atoms with Crippen LogP contribution in [0.1, 0.15) is 153 Å². The third kappa shape index (κ3) is 9.92.